The zero-order valence-electron chi connectivity index (χ0n) is 22.7. The second-order valence-corrected chi connectivity index (χ2v) is 11.4. The number of aliphatic carboxylic acids is 1. The number of methoxy groups -OCH3 is 1. The molecule has 1 fully saturated rings. The van der Waals surface area contributed by atoms with E-state index < -0.39 is 35.0 Å². The average Bonchev–Trinajstić information content (AvgIpc) is 2.92. The van der Waals surface area contributed by atoms with Gasteiger partial charge in [-0.15, -0.1) is 11.8 Å². The minimum atomic E-state index is -1.42. The number of piperidine rings is 1. The number of hydrogen-bond donors (Lipinski definition) is 1. The van der Waals surface area contributed by atoms with Gasteiger partial charge in [-0.1, -0.05) is 0 Å². The van der Waals surface area contributed by atoms with E-state index in [4.69, 9.17) is 4.74 Å². The summed E-state index contributed by atoms with van der Waals surface area (Å²) in [5.74, 6) is -2.85. The molecule has 216 valence electrons. The van der Waals surface area contributed by atoms with Crippen LogP contribution in [-0.2, 0) is 4.79 Å². The van der Waals surface area contributed by atoms with Crippen molar-refractivity contribution in [3.8, 4) is 5.75 Å². The van der Waals surface area contributed by atoms with Crippen LogP contribution in [0.3, 0.4) is 0 Å². The van der Waals surface area contributed by atoms with Crippen LogP contribution in [0.15, 0.2) is 41.4 Å². The van der Waals surface area contributed by atoms with Gasteiger partial charge >= 0.3 is 5.97 Å². The van der Waals surface area contributed by atoms with E-state index in [1.54, 1.807) is 29.3 Å². The highest BCUT2D eigenvalue weighted by molar-refractivity contribution is 7.99. The number of ether oxygens (including phenoxy) is 1. The van der Waals surface area contributed by atoms with Crippen molar-refractivity contribution in [1.82, 2.24) is 9.88 Å². The number of fused-ring (bicyclic) bond motifs is 1. The Bertz CT molecular complexity index is 1340. The van der Waals surface area contributed by atoms with E-state index in [0.717, 1.165) is 11.8 Å². The van der Waals surface area contributed by atoms with Crippen LogP contribution in [-0.4, -0.2) is 67.6 Å². The molecule has 1 aromatic heterocycles. The van der Waals surface area contributed by atoms with Gasteiger partial charge in [-0.2, -0.15) is 0 Å². The molecule has 1 N–H and O–H groups in total. The molecule has 2 aromatic carbocycles. The van der Waals surface area contributed by atoms with Gasteiger partial charge in [0.25, 0.3) is 0 Å². The third kappa shape index (κ3) is 6.46. The first-order chi connectivity index (χ1) is 19.0. The Morgan fingerprint density at radius 3 is 2.45 bits per heavy atom. The Morgan fingerprint density at radius 2 is 1.85 bits per heavy atom. The van der Waals surface area contributed by atoms with Crippen LogP contribution in [0.4, 0.5) is 23.2 Å². The van der Waals surface area contributed by atoms with Crippen LogP contribution in [0.2, 0.25) is 0 Å². The number of carboxylic acids is 1. The van der Waals surface area contributed by atoms with Crippen molar-refractivity contribution in [2.45, 2.75) is 36.8 Å². The number of alkyl halides is 1. The van der Waals surface area contributed by atoms with Crippen molar-refractivity contribution >= 4 is 34.3 Å². The van der Waals surface area contributed by atoms with Gasteiger partial charge in [-0.05, 0) is 57.0 Å². The topological polar surface area (TPSA) is 65.9 Å². The Labute approximate surface area is 235 Å². The second kappa shape index (κ2) is 12.6. The van der Waals surface area contributed by atoms with Crippen molar-refractivity contribution in [1.29, 1.82) is 0 Å². The van der Waals surface area contributed by atoms with E-state index in [9.17, 15) is 23.1 Å². The van der Waals surface area contributed by atoms with Crippen LogP contribution in [0, 0.1) is 22.9 Å². The first-order valence-corrected chi connectivity index (χ1v) is 14.0. The molecular formula is C29H33F4N3O3S. The SMILES string of the molecule is COc1ccc2ncc(N(C)C)c(C(F)CCC3(C(=O)O)CCN(CCSc4c(F)cc(F)cc4F)CC3)c2c1. The first kappa shape index (κ1) is 29.9. The highest BCUT2D eigenvalue weighted by Gasteiger charge is 2.42. The summed E-state index contributed by atoms with van der Waals surface area (Å²) in [4.78, 5) is 20.5. The molecule has 1 atom stereocenters. The molecule has 0 radical (unpaired) electrons. The molecule has 1 aliphatic heterocycles. The lowest BCUT2D eigenvalue weighted by Crippen LogP contribution is -2.45. The number of rotatable bonds is 11. The number of nitrogens with zero attached hydrogens (tertiary/aromatic N) is 3. The Hall–Kier alpha value is -3.05. The van der Waals surface area contributed by atoms with Gasteiger partial charge in [0.2, 0.25) is 0 Å². The van der Waals surface area contributed by atoms with E-state index in [2.05, 4.69) is 4.98 Å². The molecule has 2 heterocycles. The quantitative estimate of drug-likeness (QED) is 0.206. The molecule has 1 saturated heterocycles. The summed E-state index contributed by atoms with van der Waals surface area (Å²) in [6, 6.07) is 6.59. The lowest BCUT2D eigenvalue weighted by Gasteiger charge is -2.39. The van der Waals surface area contributed by atoms with Gasteiger partial charge in [-0.3, -0.25) is 9.78 Å². The molecule has 4 rings (SSSR count). The van der Waals surface area contributed by atoms with Gasteiger partial charge in [-0.25, -0.2) is 17.6 Å². The minimum Gasteiger partial charge on any atom is -0.497 e. The Morgan fingerprint density at radius 1 is 1.18 bits per heavy atom. The van der Waals surface area contributed by atoms with Crippen molar-refractivity contribution in [2.24, 2.45) is 5.41 Å². The largest absolute Gasteiger partial charge is 0.497 e. The van der Waals surface area contributed by atoms with Crippen molar-refractivity contribution < 1.29 is 32.2 Å². The van der Waals surface area contributed by atoms with Crippen LogP contribution < -0.4 is 9.64 Å². The summed E-state index contributed by atoms with van der Waals surface area (Å²) in [5, 5.41) is 10.8. The number of aromatic nitrogens is 1. The number of pyridine rings is 1. The van der Waals surface area contributed by atoms with Crippen LogP contribution in [0.5, 0.6) is 5.75 Å². The summed E-state index contributed by atoms with van der Waals surface area (Å²) >= 11 is 0.959. The average molecular weight is 580 g/mol. The van der Waals surface area contributed by atoms with Gasteiger partial charge in [0.15, 0.2) is 0 Å². The molecule has 0 bridgehead atoms. The maximum absolute atomic E-state index is 16.0. The van der Waals surface area contributed by atoms with E-state index >= 15 is 4.39 Å². The number of anilines is 1. The number of hydrogen-bond acceptors (Lipinski definition) is 6. The maximum atomic E-state index is 16.0. The van der Waals surface area contributed by atoms with Crippen molar-refractivity contribution in [3.05, 3.63) is 59.5 Å². The van der Waals surface area contributed by atoms with E-state index in [0.29, 0.717) is 78.3 Å². The number of carboxylic acid groups (broad SMARTS) is 1. The number of benzene rings is 2. The van der Waals surface area contributed by atoms with E-state index in [1.165, 1.54) is 7.11 Å². The highest BCUT2D eigenvalue weighted by Crippen LogP contribution is 2.43. The van der Waals surface area contributed by atoms with Gasteiger partial charge in [0.05, 0.1) is 34.8 Å². The smallest absolute Gasteiger partial charge is 0.309 e. The molecule has 3 aromatic rings. The summed E-state index contributed by atoms with van der Waals surface area (Å²) in [6.07, 6.45) is 1.08. The van der Waals surface area contributed by atoms with Gasteiger partial charge < -0.3 is 19.6 Å². The number of halogens is 4. The second-order valence-electron chi connectivity index (χ2n) is 10.3. The number of thioether (sulfide) groups is 1. The van der Waals surface area contributed by atoms with Crippen LogP contribution in [0.25, 0.3) is 10.9 Å². The van der Waals surface area contributed by atoms with Crippen molar-refractivity contribution in [2.75, 3.05) is 51.5 Å². The molecule has 0 amide bonds. The van der Waals surface area contributed by atoms with Gasteiger partial charge in [0.1, 0.15) is 29.4 Å². The number of carbonyl (C=O) groups is 1. The van der Waals surface area contributed by atoms with E-state index in [1.807, 2.05) is 19.0 Å². The monoisotopic (exact) mass is 579 g/mol. The fourth-order valence-electron chi connectivity index (χ4n) is 5.26. The molecule has 40 heavy (non-hydrogen) atoms. The molecular weight excluding hydrogens is 546 g/mol. The van der Waals surface area contributed by atoms with Crippen molar-refractivity contribution in [3.63, 3.8) is 0 Å². The zero-order chi connectivity index (χ0) is 29.0. The Balaban J connectivity index is 1.41. The molecule has 6 nitrogen and oxygen atoms in total. The highest BCUT2D eigenvalue weighted by atomic mass is 32.2. The predicted molar refractivity (Wildman–Crippen MR) is 148 cm³/mol. The summed E-state index contributed by atoms with van der Waals surface area (Å²) < 4.78 is 62.3. The lowest BCUT2D eigenvalue weighted by molar-refractivity contribution is -0.153. The fraction of sp³-hybridized carbons (Fsp3) is 0.448. The molecule has 1 unspecified atom stereocenters. The van der Waals surface area contributed by atoms with Crippen LogP contribution >= 0.6 is 11.8 Å². The molecule has 0 saturated carbocycles. The molecule has 0 aliphatic carbocycles. The third-order valence-electron chi connectivity index (χ3n) is 7.65. The summed E-state index contributed by atoms with van der Waals surface area (Å²) in [7, 11) is 5.16. The lowest BCUT2D eigenvalue weighted by atomic mass is 9.74. The predicted octanol–water partition coefficient (Wildman–Crippen LogP) is 6.48. The third-order valence-corrected chi connectivity index (χ3v) is 8.72. The molecule has 0 spiro atoms. The first-order valence-electron chi connectivity index (χ1n) is 13.1. The molecule has 1 aliphatic rings. The van der Waals surface area contributed by atoms with Crippen LogP contribution in [0.1, 0.15) is 37.4 Å². The summed E-state index contributed by atoms with van der Waals surface area (Å²) in [6.45, 7) is 1.42. The molecule has 11 heteroatoms. The summed E-state index contributed by atoms with van der Waals surface area (Å²) in [5.41, 5.74) is 0.647. The fourth-order valence-corrected chi connectivity index (χ4v) is 6.21. The van der Waals surface area contributed by atoms with E-state index in [-0.39, 0.29) is 17.7 Å². The standard InChI is InChI=1S/C29H33F4N3O3S/c1-35(2)25-17-34-24-5-4-19(39-3)16-20(24)26(25)21(31)6-7-29(28(37)38)8-10-36(11-9-29)12-13-40-27-22(32)14-18(30)15-23(27)33/h4-5,14-17,21H,6-13H2,1-3H3,(H,37,38). The number of likely N-dealkylation sites (tertiary alicyclic amines) is 1. The van der Waals surface area contributed by atoms with Gasteiger partial charge in [0, 0.05) is 49.5 Å². The zero-order valence-corrected chi connectivity index (χ0v) is 23.5. The minimum absolute atomic E-state index is 0.0302. The normalized spacial score (nSPS) is 16.2. The Kier molecular flexibility index (Phi) is 9.45. The maximum Gasteiger partial charge on any atom is 0.309 e.